The van der Waals surface area contributed by atoms with Crippen LogP contribution in [0.1, 0.15) is 25.5 Å². The lowest BCUT2D eigenvalue weighted by Crippen LogP contribution is -2.35. The lowest BCUT2D eigenvalue weighted by atomic mass is 9.96. The van der Waals surface area contributed by atoms with Crippen LogP contribution in [0.25, 0.3) is 27.7 Å². The first-order chi connectivity index (χ1) is 13.7. The maximum atomic E-state index is 12.1. The maximum Gasteiger partial charge on any atom is 0.236 e. The number of hydrogen-bond donors (Lipinski definition) is 1. The Morgan fingerprint density at radius 3 is 2.62 bits per heavy atom. The molecule has 1 aliphatic heterocycles. The zero-order valence-electron chi connectivity index (χ0n) is 16.6. The molecule has 0 amide bonds. The number of aryl methyl sites for hydroxylation is 1. The molecule has 0 unspecified atom stereocenters. The molecule has 3 heterocycles. The fraction of sp³-hybridized carbons (Fsp3) is 0.238. The van der Waals surface area contributed by atoms with E-state index < -0.39 is 10.0 Å². The van der Waals surface area contributed by atoms with Crippen LogP contribution < -0.4 is 5.32 Å². The van der Waals surface area contributed by atoms with Crippen LogP contribution in [0.15, 0.2) is 48.7 Å². The molecule has 0 spiro atoms. The van der Waals surface area contributed by atoms with Gasteiger partial charge in [0, 0.05) is 11.6 Å². The summed E-state index contributed by atoms with van der Waals surface area (Å²) >= 11 is 0. The molecule has 2 aromatic carbocycles. The minimum atomic E-state index is -3.36. The van der Waals surface area contributed by atoms with E-state index in [4.69, 9.17) is 0 Å². The Balaban J connectivity index is 1.74. The number of benzene rings is 2. The molecule has 1 aliphatic rings. The highest BCUT2D eigenvalue weighted by Crippen LogP contribution is 2.39. The van der Waals surface area contributed by atoms with Crippen molar-refractivity contribution in [3.63, 3.8) is 0 Å². The van der Waals surface area contributed by atoms with E-state index in [0.29, 0.717) is 5.52 Å². The van der Waals surface area contributed by atoms with Crippen molar-refractivity contribution in [2.24, 2.45) is 0 Å². The fourth-order valence-corrected chi connectivity index (χ4v) is 4.92. The molecule has 0 atom stereocenters. The van der Waals surface area contributed by atoms with Crippen LogP contribution >= 0.6 is 0 Å². The van der Waals surface area contributed by atoms with Crippen LogP contribution in [0.3, 0.4) is 0 Å². The second-order valence-corrected chi connectivity index (χ2v) is 9.86. The average molecular weight is 407 g/mol. The molecule has 29 heavy (non-hydrogen) atoms. The predicted octanol–water partition coefficient (Wildman–Crippen LogP) is 3.67. The summed E-state index contributed by atoms with van der Waals surface area (Å²) in [7, 11) is -3.36. The third-order valence-corrected chi connectivity index (χ3v) is 6.47. The van der Waals surface area contributed by atoms with Crippen molar-refractivity contribution in [2.75, 3.05) is 11.6 Å². The van der Waals surface area contributed by atoms with E-state index in [9.17, 15) is 8.42 Å². The second kappa shape index (κ2) is 5.70. The summed E-state index contributed by atoms with van der Waals surface area (Å²) in [6.45, 7) is 6.11. The summed E-state index contributed by atoms with van der Waals surface area (Å²) in [5.41, 5.74) is 4.31. The van der Waals surface area contributed by atoms with Crippen molar-refractivity contribution in [1.29, 1.82) is 0 Å². The molecule has 0 fully saturated rings. The first-order valence-corrected chi connectivity index (χ1v) is 11.2. The molecule has 148 valence electrons. The summed E-state index contributed by atoms with van der Waals surface area (Å²) in [5, 5.41) is 13.1. The van der Waals surface area contributed by atoms with Gasteiger partial charge in [0.15, 0.2) is 5.82 Å². The normalized spacial score (nSPS) is 15.0. The van der Waals surface area contributed by atoms with Gasteiger partial charge in [0.05, 0.1) is 28.7 Å². The van der Waals surface area contributed by atoms with Gasteiger partial charge >= 0.3 is 0 Å². The van der Waals surface area contributed by atoms with Crippen molar-refractivity contribution in [3.8, 4) is 16.8 Å². The first-order valence-electron chi connectivity index (χ1n) is 9.33. The van der Waals surface area contributed by atoms with Crippen LogP contribution in [-0.4, -0.2) is 33.4 Å². The Hall–Kier alpha value is -3.13. The van der Waals surface area contributed by atoms with Gasteiger partial charge in [-0.05, 0) is 56.2 Å². The molecular formula is C21H21N5O2S. The van der Waals surface area contributed by atoms with Crippen LogP contribution in [0.5, 0.6) is 0 Å². The Labute approximate surface area is 169 Å². The summed E-state index contributed by atoms with van der Waals surface area (Å²) in [4.78, 5) is 0. The molecule has 2 aromatic heterocycles. The fourth-order valence-electron chi connectivity index (χ4n) is 4.12. The van der Waals surface area contributed by atoms with Gasteiger partial charge in [-0.2, -0.15) is 0 Å². The van der Waals surface area contributed by atoms with Crippen LogP contribution in [0.2, 0.25) is 0 Å². The molecule has 7 nitrogen and oxygen atoms in total. The Morgan fingerprint density at radius 2 is 1.86 bits per heavy atom. The lowest BCUT2D eigenvalue weighted by molar-refractivity contribution is 0.535. The van der Waals surface area contributed by atoms with Gasteiger partial charge in [0.25, 0.3) is 0 Å². The van der Waals surface area contributed by atoms with Crippen molar-refractivity contribution in [2.45, 2.75) is 26.3 Å². The van der Waals surface area contributed by atoms with E-state index in [0.717, 1.165) is 39.5 Å². The summed E-state index contributed by atoms with van der Waals surface area (Å²) < 4.78 is 27.6. The van der Waals surface area contributed by atoms with Crippen molar-refractivity contribution >= 4 is 26.6 Å². The van der Waals surface area contributed by atoms with E-state index in [1.807, 2.05) is 31.2 Å². The highest BCUT2D eigenvalue weighted by molar-refractivity contribution is 7.89. The molecule has 0 saturated carbocycles. The molecule has 5 rings (SSSR count). The number of nitrogens with zero attached hydrogens (tertiary/aromatic N) is 4. The maximum absolute atomic E-state index is 12.1. The van der Waals surface area contributed by atoms with Gasteiger partial charge in [-0.25, -0.2) is 12.4 Å². The summed E-state index contributed by atoms with van der Waals surface area (Å²) in [6.07, 6.45) is 2.82. The highest BCUT2D eigenvalue weighted by Gasteiger charge is 2.34. The minimum absolute atomic E-state index is 0.331. The van der Waals surface area contributed by atoms with Crippen LogP contribution in [0.4, 0.5) is 5.69 Å². The SMILES string of the molecule is Cc1nnc2n1-c1cc(-c3cccc4c3ccn4S(C)(=O)=O)ccc1NC2(C)C. The standard InChI is InChI=1S/C21H21N5O2S/c1-13-23-24-20-21(2,3)22-17-9-8-14(12-19(17)26(13)20)15-6-5-7-18-16(15)10-11-25(18)29(4,27)28/h5-12,22H,1-4H3. The van der Waals surface area contributed by atoms with Gasteiger partial charge < -0.3 is 5.32 Å². The Bertz CT molecular complexity index is 1400. The van der Waals surface area contributed by atoms with E-state index in [2.05, 4.69) is 52.1 Å². The lowest BCUT2D eigenvalue weighted by Gasteiger charge is -2.34. The van der Waals surface area contributed by atoms with E-state index in [1.165, 1.54) is 10.2 Å². The van der Waals surface area contributed by atoms with E-state index in [-0.39, 0.29) is 5.54 Å². The number of rotatable bonds is 2. The summed E-state index contributed by atoms with van der Waals surface area (Å²) in [5.74, 6) is 1.69. The van der Waals surface area contributed by atoms with Gasteiger partial charge in [-0.1, -0.05) is 18.2 Å². The van der Waals surface area contributed by atoms with Crippen molar-refractivity contribution < 1.29 is 8.42 Å². The molecule has 1 N–H and O–H groups in total. The monoisotopic (exact) mass is 407 g/mol. The number of hydrogen-bond acceptors (Lipinski definition) is 5. The predicted molar refractivity (Wildman–Crippen MR) is 114 cm³/mol. The summed E-state index contributed by atoms with van der Waals surface area (Å²) in [6, 6.07) is 13.8. The van der Waals surface area contributed by atoms with E-state index >= 15 is 0 Å². The van der Waals surface area contributed by atoms with Gasteiger partial charge in [-0.15, -0.1) is 10.2 Å². The molecule has 4 aromatic rings. The number of aromatic nitrogens is 4. The number of fused-ring (bicyclic) bond motifs is 4. The topological polar surface area (TPSA) is 81.8 Å². The van der Waals surface area contributed by atoms with Gasteiger partial charge in [0.1, 0.15) is 5.82 Å². The quantitative estimate of drug-likeness (QED) is 0.548. The Kier molecular flexibility index (Phi) is 3.52. The van der Waals surface area contributed by atoms with Crippen LogP contribution in [0, 0.1) is 6.92 Å². The zero-order chi connectivity index (χ0) is 20.6. The molecule has 8 heteroatoms. The molecule has 0 bridgehead atoms. The molecule has 0 radical (unpaired) electrons. The smallest absolute Gasteiger partial charge is 0.236 e. The molecule has 0 aliphatic carbocycles. The molecular weight excluding hydrogens is 386 g/mol. The van der Waals surface area contributed by atoms with Crippen molar-refractivity contribution in [1.82, 2.24) is 18.7 Å². The third-order valence-electron chi connectivity index (χ3n) is 5.44. The van der Waals surface area contributed by atoms with E-state index in [1.54, 1.807) is 6.20 Å². The number of anilines is 1. The molecule has 0 saturated heterocycles. The van der Waals surface area contributed by atoms with Crippen LogP contribution in [-0.2, 0) is 15.6 Å². The number of nitrogens with one attached hydrogen (secondary N) is 1. The Morgan fingerprint density at radius 1 is 1.07 bits per heavy atom. The first kappa shape index (κ1) is 17.9. The minimum Gasteiger partial charge on any atom is -0.371 e. The second-order valence-electron chi connectivity index (χ2n) is 8.00. The van der Waals surface area contributed by atoms with Crippen molar-refractivity contribution in [3.05, 3.63) is 60.3 Å². The average Bonchev–Trinajstić information content (AvgIpc) is 3.25. The zero-order valence-corrected chi connectivity index (χ0v) is 17.4. The third kappa shape index (κ3) is 2.59. The highest BCUT2D eigenvalue weighted by atomic mass is 32.2. The largest absolute Gasteiger partial charge is 0.371 e. The van der Waals surface area contributed by atoms with Gasteiger partial charge in [0.2, 0.25) is 10.0 Å². The van der Waals surface area contributed by atoms with Gasteiger partial charge in [-0.3, -0.25) is 4.57 Å².